The van der Waals surface area contributed by atoms with Crippen LogP contribution in [0.5, 0.6) is 0 Å². The number of carbonyl (C=O) groups is 2. The number of halogens is 3. The number of amides is 2. The van der Waals surface area contributed by atoms with E-state index < -0.39 is 30.8 Å². The summed E-state index contributed by atoms with van der Waals surface area (Å²) in [5.74, 6) is -1.17. The number of carboxylic acids is 1. The van der Waals surface area contributed by atoms with Crippen molar-refractivity contribution in [1.82, 2.24) is 9.80 Å². The highest BCUT2D eigenvalue weighted by Crippen LogP contribution is 2.21. The molecule has 8 heteroatoms. The van der Waals surface area contributed by atoms with Crippen LogP contribution in [-0.4, -0.2) is 59.3 Å². The van der Waals surface area contributed by atoms with E-state index in [0.717, 1.165) is 18.4 Å². The molecule has 0 aromatic carbocycles. The zero-order chi connectivity index (χ0) is 14.6. The van der Waals surface area contributed by atoms with Crippen LogP contribution in [0.1, 0.15) is 25.7 Å². The third kappa shape index (κ3) is 4.60. The number of rotatable bonds is 2. The predicted octanol–water partition coefficient (Wildman–Crippen LogP) is 1.93. The molecule has 1 heterocycles. The van der Waals surface area contributed by atoms with Gasteiger partial charge in [0.15, 0.2) is 0 Å². The Morgan fingerprint density at radius 1 is 1.32 bits per heavy atom. The summed E-state index contributed by atoms with van der Waals surface area (Å²) in [6.45, 7) is -1.20. The van der Waals surface area contributed by atoms with Gasteiger partial charge >= 0.3 is 18.2 Å². The van der Waals surface area contributed by atoms with Crippen LogP contribution in [0.4, 0.5) is 18.0 Å². The van der Waals surface area contributed by atoms with Gasteiger partial charge in [-0.3, -0.25) is 0 Å². The molecule has 1 N–H and O–H groups in total. The van der Waals surface area contributed by atoms with Gasteiger partial charge in [-0.2, -0.15) is 13.2 Å². The van der Waals surface area contributed by atoms with E-state index in [1.165, 1.54) is 0 Å². The first kappa shape index (κ1) is 15.6. The number of alkyl halides is 3. The normalized spacial score (nSPS) is 20.8. The Balaban J connectivity index is 2.78. The summed E-state index contributed by atoms with van der Waals surface area (Å²) in [4.78, 5) is 24.6. The summed E-state index contributed by atoms with van der Waals surface area (Å²) in [7, 11) is 1.03. The van der Waals surface area contributed by atoms with Gasteiger partial charge < -0.3 is 14.9 Å². The standard InChI is InChI=1S/C11H17F3N2O3/c1-15(7-11(12,13)14)10(19)16-6-4-2-3-5-8(16)9(17)18/h8H,2-7H2,1H3,(H,17,18). The minimum absolute atomic E-state index is 0.179. The maximum atomic E-state index is 12.2. The molecule has 0 spiro atoms. The summed E-state index contributed by atoms with van der Waals surface area (Å²) in [5.41, 5.74) is 0. The summed E-state index contributed by atoms with van der Waals surface area (Å²) < 4.78 is 36.7. The second kappa shape index (κ2) is 6.12. The summed E-state index contributed by atoms with van der Waals surface area (Å²) in [5, 5.41) is 9.06. The van der Waals surface area contributed by atoms with E-state index in [4.69, 9.17) is 5.11 Å². The van der Waals surface area contributed by atoms with Gasteiger partial charge in [0.2, 0.25) is 0 Å². The molecule has 1 saturated heterocycles. The average molecular weight is 282 g/mol. The van der Waals surface area contributed by atoms with Crippen molar-refractivity contribution < 1.29 is 27.9 Å². The Labute approximate surface area is 109 Å². The molecule has 1 rings (SSSR count). The molecule has 0 radical (unpaired) electrons. The van der Waals surface area contributed by atoms with Crippen molar-refractivity contribution in [1.29, 1.82) is 0 Å². The van der Waals surface area contributed by atoms with Gasteiger partial charge in [-0.1, -0.05) is 12.8 Å². The highest BCUT2D eigenvalue weighted by atomic mass is 19.4. The minimum atomic E-state index is -4.49. The van der Waals surface area contributed by atoms with E-state index in [1.807, 2.05) is 0 Å². The molecule has 1 aliphatic heterocycles. The van der Waals surface area contributed by atoms with Crippen molar-refractivity contribution in [3.63, 3.8) is 0 Å². The van der Waals surface area contributed by atoms with E-state index in [1.54, 1.807) is 0 Å². The van der Waals surface area contributed by atoms with Crippen molar-refractivity contribution in [3.05, 3.63) is 0 Å². The molecule has 110 valence electrons. The average Bonchev–Trinajstić information content (AvgIpc) is 2.50. The Kier molecular flexibility index (Phi) is 5.02. The SMILES string of the molecule is CN(CC(F)(F)F)C(=O)N1CCCCCC1C(=O)O. The quantitative estimate of drug-likeness (QED) is 0.842. The van der Waals surface area contributed by atoms with Crippen LogP contribution in [0, 0.1) is 0 Å². The zero-order valence-electron chi connectivity index (χ0n) is 10.6. The molecular formula is C11H17F3N2O3. The lowest BCUT2D eigenvalue weighted by atomic mass is 10.1. The molecule has 1 unspecified atom stereocenters. The van der Waals surface area contributed by atoms with Crippen LogP contribution >= 0.6 is 0 Å². The zero-order valence-corrected chi connectivity index (χ0v) is 10.6. The lowest BCUT2D eigenvalue weighted by Gasteiger charge is -2.31. The number of aliphatic carboxylic acids is 1. The van der Waals surface area contributed by atoms with Crippen LogP contribution < -0.4 is 0 Å². The maximum absolute atomic E-state index is 12.2. The van der Waals surface area contributed by atoms with Gasteiger partial charge in [0.1, 0.15) is 12.6 Å². The molecule has 1 fully saturated rings. The number of carbonyl (C=O) groups excluding carboxylic acids is 1. The number of nitrogens with zero attached hydrogens (tertiary/aromatic N) is 2. The van der Waals surface area contributed by atoms with Crippen molar-refractivity contribution >= 4 is 12.0 Å². The fourth-order valence-electron chi connectivity index (χ4n) is 2.15. The van der Waals surface area contributed by atoms with Gasteiger partial charge in [0.25, 0.3) is 0 Å². The molecule has 0 aliphatic carbocycles. The van der Waals surface area contributed by atoms with E-state index in [2.05, 4.69) is 0 Å². The van der Waals surface area contributed by atoms with Gasteiger partial charge in [0, 0.05) is 13.6 Å². The topological polar surface area (TPSA) is 60.9 Å². The Morgan fingerprint density at radius 2 is 1.95 bits per heavy atom. The van der Waals surface area contributed by atoms with Gasteiger partial charge in [-0.05, 0) is 12.8 Å². The number of carboxylic acid groups (broad SMARTS) is 1. The molecule has 0 aromatic heterocycles. The van der Waals surface area contributed by atoms with Crippen LogP contribution in [0.2, 0.25) is 0 Å². The lowest BCUT2D eigenvalue weighted by Crippen LogP contribution is -2.51. The minimum Gasteiger partial charge on any atom is -0.480 e. The second-order valence-electron chi connectivity index (χ2n) is 4.65. The monoisotopic (exact) mass is 282 g/mol. The first-order valence-corrected chi connectivity index (χ1v) is 6.03. The molecule has 0 saturated carbocycles. The molecule has 1 aliphatic rings. The molecular weight excluding hydrogens is 265 g/mol. The molecule has 0 bridgehead atoms. The number of likely N-dealkylation sites (tertiary alicyclic amines) is 1. The summed E-state index contributed by atoms with van der Waals surface area (Å²) >= 11 is 0. The Morgan fingerprint density at radius 3 is 2.47 bits per heavy atom. The number of hydrogen-bond donors (Lipinski definition) is 1. The fraction of sp³-hybridized carbons (Fsp3) is 0.818. The number of urea groups is 1. The predicted molar refractivity (Wildman–Crippen MR) is 60.7 cm³/mol. The summed E-state index contributed by atoms with van der Waals surface area (Å²) in [6.07, 6.45) is -2.18. The molecule has 5 nitrogen and oxygen atoms in total. The molecule has 2 amide bonds. The van der Waals surface area contributed by atoms with Crippen LogP contribution in [0.25, 0.3) is 0 Å². The van der Waals surface area contributed by atoms with E-state index in [9.17, 15) is 22.8 Å². The van der Waals surface area contributed by atoms with Crippen molar-refractivity contribution in [2.75, 3.05) is 20.1 Å². The first-order chi connectivity index (χ1) is 8.72. The third-order valence-corrected chi connectivity index (χ3v) is 3.03. The van der Waals surface area contributed by atoms with Crippen LogP contribution in [0.3, 0.4) is 0 Å². The van der Waals surface area contributed by atoms with Crippen molar-refractivity contribution in [2.24, 2.45) is 0 Å². The second-order valence-corrected chi connectivity index (χ2v) is 4.65. The van der Waals surface area contributed by atoms with Crippen LogP contribution in [0.15, 0.2) is 0 Å². The largest absolute Gasteiger partial charge is 0.480 e. The highest BCUT2D eigenvalue weighted by molar-refractivity contribution is 5.82. The fourth-order valence-corrected chi connectivity index (χ4v) is 2.15. The Hall–Kier alpha value is -1.47. The maximum Gasteiger partial charge on any atom is 0.406 e. The summed E-state index contributed by atoms with van der Waals surface area (Å²) in [6, 6.07) is -1.92. The van der Waals surface area contributed by atoms with Crippen LogP contribution in [-0.2, 0) is 4.79 Å². The third-order valence-electron chi connectivity index (χ3n) is 3.03. The Bertz CT molecular complexity index is 347. The number of hydrogen-bond acceptors (Lipinski definition) is 2. The van der Waals surface area contributed by atoms with E-state index >= 15 is 0 Å². The van der Waals surface area contributed by atoms with Gasteiger partial charge in [0.05, 0.1) is 0 Å². The van der Waals surface area contributed by atoms with Gasteiger partial charge in [-0.15, -0.1) is 0 Å². The van der Waals surface area contributed by atoms with Crippen molar-refractivity contribution in [3.8, 4) is 0 Å². The molecule has 0 aromatic rings. The van der Waals surface area contributed by atoms with Crippen molar-refractivity contribution in [2.45, 2.75) is 37.9 Å². The van der Waals surface area contributed by atoms with E-state index in [-0.39, 0.29) is 13.0 Å². The van der Waals surface area contributed by atoms with Gasteiger partial charge in [-0.25, -0.2) is 9.59 Å². The lowest BCUT2D eigenvalue weighted by molar-refractivity contribution is -0.144. The first-order valence-electron chi connectivity index (χ1n) is 6.03. The van der Waals surface area contributed by atoms with E-state index in [0.29, 0.717) is 17.7 Å². The smallest absolute Gasteiger partial charge is 0.406 e. The highest BCUT2D eigenvalue weighted by Gasteiger charge is 2.36. The molecule has 1 atom stereocenters. The molecule has 19 heavy (non-hydrogen) atoms.